The standard InChI is InChI=1S/C23H29N3O2S/c27-19(24-12-23-8-14-5-15(9-23)7-16(6-14)10-23)11-26-13-25-21-20(22(26)28)17-3-1-2-4-18(17)29-21/h13-16H,1-12H2,(H,24,27). The molecule has 0 radical (unpaired) electrons. The van der Waals surface area contributed by atoms with E-state index in [0.717, 1.165) is 53.8 Å². The predicted molar refractivity (Wildman–Crippen MR) is 114 cm³/mol. The molecular weight excluding hydrogens is 382 g/mol. The molecule has 0 spiro atoms. The summed E-state index contributed by atoms with van der Waals surface area (Å²) in [4.78, 5) is 32.5. The Morgan fingerprint density at radius 3 is 2.55 bits per heavy atom. The quantitative estimate of drug-likeness (QED) is 0.835. The molecule has 4 bridgehead atoms. The van der Waals surface area contributed by atoms with Gasteiger partial charge in [0.05, 0.1) is 11.7 Å². The van der Waals surface area contributed by atoms with Gasteiger partial charge in [-0.2, -0.15) is 0 Å². The average molecular weight is 412 g/mol. The number of nitrogens with zero attached hydrogens (tertiary/aromatic N) is 2. The maximum absolute atomic E-state index is 13.1. The van der Waals surface area contributed by atoms with E-state index in [1.807, 2.05) is 0 Å². The normalized spacial score (nSPS) is 32.5. The molecule has 0 atom stereocenters. The van der Waals surface area contributed by atoms with Crippen molar-refractivity contribution in [3.05, 3.63) is 27.1 Å². The first kappa shape index (κ1) is 18.1. The lowest BCUT2D eigenvalue weighted by atomic mass is 9.49. The van der Waals surface area contributed by atoms with Crippen LogP contribution in [0.2, 0.25) is 0 Å². The van der Waals surface area contributed by atoms with Gasteiger partial charge in [-0.25, -0.2) is 4.98 Å². The highest BCUT2D eigenvalue weighted by Gasteiger charge is 2.50. The number of rotatable bonds is 4. The van der Waals surface area contributed by atoms with Crippen molar-refractivity contribution in [1.29, 1.82) is 0 Å². The molecule has 5 nitrogen and oxygen atoms in total. The second-order valence-corrected chi connectivity index (χ2v) is 11.3. The minimum absolute atomic E-state index is 0.0423. The number of nitrogens with one attached hydrogen (secondary N) is 1. The van der Waals surface area contributed by atoms with Gasteiger partial charge in [0.25, 0.3) is 5.56 Å². The molecule has 0 aromatic carbocycles. The van der Waals surface area contributed by atoms with Crippen molar-refractivity contribution < 1.29 is 4.79 Å². The number of aryl methyl sites for hydroxylation is 2. The van der Waals surface area contributed by atoms with Crippen LogP contribution < -0.4 is 10.9 Å². The fourth-order valence-corrected chi connectivity index (χ4v) is 8.52. The van der Waals surface area contributed by atoms with Crippen LogP contribution in [0.1, 0.15) is 61.8 Å². The highest BCUT2D eigenvalue weighted by atomic mass is 32.1. The van der Waals surface area contributed by atoms with Crippen molar-refractivity contribution in [2.75, 3.05) is 6.54 Å². The van der Waals surface area contributed by atoms with Crippen LogP contribution in [-0.4, -0.2) is 22.0 Å². The number of hydrogen-bond donors (Lipinski definition) is 1. The molecule has 0 aliphatic heterocycles. The molecule has 1 N–H and O–H groups in total. The second kappa shape index (κ2) is 6.66. The number of fused-ring (bicyclic) bond motifs is 3. The summed E-state index contributed by atoms with van der Waals surface area (Å²) in [6.07, 6.45) is 14.0. The Morgan fingerprint density at radius 1 is 1.14 bits per heavy atom. The third-order valence-electron chi connectivity index (χ3n) is 8.08. The van der Waals surface area contributed by atoms with Crippen molar-refractivity contribution in [1.82, 2.24) is 14.9 Å². The third kappa shape index (κ3) is 3.06. The summed E-state index contributed by atoms with van der Waals surface area (Å²) >= 11 is 1.66. The summed E-state index contributed by atoms with van der Waals surface area (Å²) in [5, 5.41) is 3.96. The molecular formula is C23H29N3O2S. The monoisotopic (exact) mass is 411 g/mol. The number of amides is 1. The van der Waals surface area contributed by atoms with Crippen molar-refractivity contribution in [2.45, 2.75) is 70.8 Å². The molecule has 0 saturated heterocycles. The van der Waals surface area contributed by atoms with Crippen LogP contribution in [0.5, 0.6) is 0 Å². The molecule has 4 saturated carbocycles. The summed E-state index contributed by atoms with van der Waals surface area (Å²) < 4.78 is 1.51. The van der Waals surface area contributed by atoms with Gasteiger partial charge in [0.2, 0.25) is 5.91 Å². The summed E-state index contributed by atoms with van der Waals surface area (Å²) in [7, 11) is 0. The fourth-order valence-electron chi connectivity index (χ4n) is 7.30. The Hall–Kier alpha value is -1.69. The Kier molecular flexibility index (Phi) is 4.16. The molecule has 2 aromatic rings. The summed E-state index contributed by atoms with van der Waals surface area (Å²) in [6, 6.07) is 0. The Balaban J connectivity index is 1.18. The van der Waals surface area contributed by atoms with Gasteiger partial charge in [-0.1, -0.05) is 0 Å². The topological polar surface area (TPSA) is 64.0 Å². The van der Waals surface area contributed by atoms with Crippen molar-refractivity contribution in [2.24, 2.45) is 23.2 Å². The molecule has 6 heteroatoms. The molecule has 4 fully saturated rings. The van der Waals surface area contributed by atoms with Gasteiger partial charge in [0.1, 0.15) is 11.4 Å². The Morgan fingerprint density at radius 2 is 1.83 bits per heavy atom. The Bertz CT molecular complexity index is 1000. The first-order chi connectivity index (χ1) is 14.1. The van der Waals surface area contributed by atoms with E-state index in [-0.39, 0.29) is 18.0 Å². The van der Waals surface area contributed by atoms with Crippen LogP contribution >= 0.6 is 11.3 Å². The minimum atomic E-state index is -0.0481. The fraction of sp³-hybridized carbons (Fsp3) is 0.696. The molecule has 0 unspecified atom stereocenters. The van der Waals surface area contributed by atoms with Gasteiger partial charge in [0.15, 0.2) is 0 Å². The van der Waals surface area contributed by atoms with E-state index in [2.05, 4.69) is 10.3 Å². The molecule has 7 rings (SSSR count). The van der Waals surface area contributed by atoms with Gasteiger partial charge < -0.3 is 5.32 Å². The third-order valence-corrected chi connectivity index (χ3v) is 9.28. The number of aromatic nitrogens is 2. The summed E-state index contributed by atoms with van der Waals surface area (Å²) in [5.74, 6) is 2.61. The van der Waals surface area contributed by atoms with Crippen molar-refractivity contribution >= 4 is 27.5 Å². The van der Waals surface area contributed by atoms with Crippen molar-refractivity contribution in [3.8, 4) is 0 Å². The first-order valence-electron chi connectivity index (χ1n) is 11.3. The van der Waals surface area contributed by atoms with E-state index in [1.54, 1.807) is 17.7 Å². The van der Waals surface area contributed by atoms with Crippen molar-refractivity contribution in [3.63, 3.8) is 0 Å². The van der Waals surface area contributed by atoms with E-state index in [9.17, 15) is 9.59 Å². The molecule has 2 aromatic heterocycles. The average Bonchev–Trinajstić information content (AvgIpc) is 3.07. The molecule has 29 heavy (non-hydrogen) atoms. The predicted octanol–water partition coefficient (Wildman–Crippen LogP) is 3.67. The van der Waals surface area contributed by atoms with E-state index in [4.69, 9.17) is 0 Å². The zero-order valence-electron chi connectivity index (χ0n) is 16.9. The number of carbonyl (C=O) groups excluding carboxylic acids is 1. The lowest BCUT2D eigenvalue weighted by molar-refractivity contribution is -0.123. The van der Waals surface area contributed by atoms with Gasteiger partial charge in [-0.15, -0.1) is 11.3 Å². The Labute approximate surface area is 174 Å². The highest BCUT2D eigenvalue weighted by Crippen LogP contribution is 2.59. The van der Waals surface area contributed by atoms with Gasteiger partial charge in [-0.3, -0.25) is 14.2 Å². The van der Waals surface area contributed by atoms with E-state index >= 15 is 0 Å². The largest absolute Gasteiger partial charge is 0.354 e. The molecule has 5 aliphatic carbocycles. The number of hydrogen-bond acceptors (Lipinski definition) is 4. The van der Waals surface area contributed by atoms with Gasteiger partial charge >= 0.3 is 0 Å². The van der Waals surface area contributed by atoms with Crippen LogP contribution in [0.4, 0.5) is 0 Å². The summed E-state index contributed by atoms with van der Waals surface area (Å²) in [5.41, 5.74) is 1.47. The lowest BCUT2D eigenvalue weighted by Crippen LogP contribution is -2.51. The summed E-state index contributed by atoms with van der Waals surface area (Å²) in [6.45, 7) is 0.867. The molecule has 154 valence electrons. The SMILES string of the molecule is O=C(Cn1cnc2sc3c(c2c1=O)CCCC3)NCC12CC3CC(CC(C3)C1)C2. The van der Waals surface area contributed by atoms with Crippen LogP contribution in [0, 0.1) is 23.2 Å². The molecule has 2 heterocycles. The molecule has 5 aliphatic rings. The van der Waals surface area contributed by atoms with Gasteiger partial charge in [-0.05, 0) is 92.9 Å². The van der Waals surface area contributed by atoms with E-state index in [0.29, 0.717) is 5.41 Å². The smallest absolute Gasteiger partial charge is 0.262 e. The van der Waals surface area contributed by atoms with E-state index in [1.165, 1.54) is 60.0 Å². The maximum atomic E-state index is 13.1. The molecule has 1 amide bonds. The lowest BCUT2D eigenvalue weighted by Gasteiger charge is -2.56. The zero-order chi connectivity index (χ0) is 19.6. The highest BCUT2D eigenvalue weighted by molar-refractivity contribution is 7.18. The second-order valence-electron chi connectivity index (χ2n) is 10.3. The number of thiophene rings is 1. The van der Waals surface area contributed by atoms with Gasteiger partial charge in [0, 0.05) is 11.4 Å². The number of carbonyl (C=O) groups is 1. The van der Waals surface area contributed by atoms with Crippen LogP contribution in [-0.2, 0) is 24.2 Å². The van der Waals surface area contributed by atoms with Crippen LogP contribution in [0.3, 0.4) is 0 Å². The van der Waals surface area contributed by atoms with Crippen LogP contribution in [0.25, 0.3) is 10.2 Å². The zero-order valence-corrected chi connectivity index (χ0v) is 17.7. The van der Waals surface area contributed by atoms with Crippen LogP contribution in [0.15, 0.2) is 11.1 Å². The van der Waals surface area contributed by atoms with E-state index < -0.39 is 0 Å². The maximum Gasteiger partial charge on any atom is 0.262 e. The first-order valence-corrected chi connectivity index (χ1v) is 12.2. The minimum Gasteiger partial charge on any atom is -0.354 e.